The second-order valence-electron chi connectivity index (χ2n) is 6.37. The third-order valence-electron chi connectivity index (χ3n) is 4.98. The molecule has 3 aromatic rings. The van der Waals surface area contributed by atoms with Gasteiger partial charge in [0.25, 0.3) is 0 Å². The topological polar surface area (TPSA) is 80.4 Å². The van der Waals surface area contributed by atoms with Crippen LogP contribution in [0, 0.1) is 0 Å². The number of pyridine rings is 1. The summed E-state index contributed by atoms with van der Waals surface area (Å²) < 4.78 is 4.37. The van der Waals surface area contributed by atoms with Crippen LogP contribution in [0.25, 0.3) is 21.9 Å². The smallest absolute Gasteiger partial charge is 0.407 e. The molecule has 1 fully saturated rings. The monoisotopic (exact) mass is 404 g/mol. The highest BCUT2D eigenvalue weighted by molar-refractivity contribution is 9.10. The van der Waals surface area contributed by atoms with Gasteiger partial charge in [-0.1, -0.05) is 15.9 Å². The molecule has 2 aromatic heterocycles. The van der Waals surface area contributed by atoms with Crippen LogP contribution in [-0.4, -0.2) is 43.3 Å². The van der Waals surface area contributed by atoms with Gasteiger partial charge in [-0.15, -0.1) is 0 Å². The number of imidazole rings is 1. The van der Waals surface area contributed by atoms with E-state index < -0.39 is 6.09 Å². The molecule has 0 spiro atoms. The van der Waals surface area contributed by atoms with E-state index in [9.17, 15) is 9.59 Å². The van der Waals surface area contributed by atoms with E-state index in [4.69, 9.17) is 5.11 Å². The maximum Gasteiger partial charge on any atom is 0.407 e. The molecule has 1 aliphatic rings. The van der Waals surface area contributed by atoms with Crippen molar-refractivity contribution in [2.24, 2.45) is 7.05 Å². The maximum absolute atomic E-state index is 12.9. The number of fused-ring (bicyclic) bond motifs is 3. The number of hydrogen-bond acceptors (Lipinski definition) is 3. The molecule has 3 heterocycles. The predicted octanol–water partition coefficient (Wildman–Crippen LogP) is 2.97. The minimum absolute atomic E-state index is 0.0172. The molecular weight excluding hydrogens is 388 g/mol. The van der Waals surface area contributed by atoms with Gasteiger partial charge in [-0.05, 0) is 31.0 Å². The quantitative estimate of drug-likeness (QED) is 0.675. The molecule has 1 aromatic carbocycles. The Morgan fingerprint density at radius 2 is 2.04 bits per heavy atom. The molecule has 0 radical (unpaired) electrons. The molecule has 8 heteroatoms. The number of likely N-dealkylation sites (tertiary alicyclic amines) is 1. The Hall–Kier alpha value is -2.35. The highest BCUT2D eigenvalue weighted by Crippen LogP contribution is 2.30. The first-order chi connectivity index (χ1) is 12.0. The molecule has 7 nitrogen and oxygen atoms in total. The fourth-order valence-corrected chi connectivity index (χ4v) is 4.01. The van der Waals surface area contributed by atoms with E-state index in [0.717, 1.165) is 26.4 Å². The van der Waals surface area contributed by atoms with Crippen LogP contribution in [0.5, 0.6) is 0 Å². The van der Waals surface area contributed by atoms with Gasteiger partial charge in [0.15, 0.2) is 0 Å². The first-order valence-corrected chi connectivity index (χ1v) is 8.89. The molecule has 130 valence electrons. The van der Waals surface area contributed by atoms with Gasteiger partial charge >= 0.3 is 11.8 Å². The number of carboxylic acid groups (broad SMARTS) is 1. The molecular formula is C17H17BrN4O3. The van der Waals surface area contributed by atoms with Gasteiger partial charge in [0, 0.05) is 36.0 Å². The molecule has 0 bridgehead atoms. The van der Waals surface area contributed by atoms with Crippen LogP contribution in [0.1, 0.15) is 18.9 Å². The summed E-state index contributed by atoms with van der Waals surface area (Å²) >= 11 is 3.49. The lowest BCUT2D eigenvalue weighted by Crippen LogP contribution is -2.40. The average Bonchev–Trinajstić information content (AvgIpc) is 2.86. The number of piperidine rings is 1. The summed E-state index contributed by atoms with van der Waals surface area (Å²) in [5.41, 5.74) is 2.40. The van der Waals surface area contributed by atoms with Crippen LogP contribution in [-0.2, 0) is 7.05 Å². The first-order valence-electron chi connectivity index (χ1n) is 8.10. The standard InChI is InChI=1S/C17H17BrN4O3/c1-20-14-9-19-13-3-2-10(18)8-12(13)15(14)22(16(20)23)11-4-6-21(7-5-11)17(24)25/h2-3,8-9,11H,4-7H2,1H3,(H,24,25). The van der Waals surface area contributed by atoms with Crippen LogP contribution in [0.15, 0.2) is 33.7 Å². The molecule has 0 unspecified atom stereocenters. The molecule has 0 aliphatic carbocycles. The van der Waals surface area contributed by atoms with E-state index in [-0.39, 0.29) is 11.7 Å². The fraction of sp³-hybridized carbons (Fsp3) is 0.353. The lowest BCUT2D eigenvalue weighted by atomic mass is 10.0. The molecule has 0 saturated carbocycles. The summed E-state index contributed by atoms with van der Waals surface area (Å²) in [6.45, 7) is 0.880. The van der Waals surface area contributed by atoms with Gasteiger partial charge in [-0.25, -0.2) is 9.59 Å². The minimum Gasteiger partial charge on any atom is -0.465 e. The summed E-state index contributed by atoms with van der Waals surface area (Å²) in [5.74, 6) is 0. The van der Waals surface area contributed by atoms with Crippen LogP contribution in [0.4, 0.5) is 4.79 Å². The zero-order chi connectivity index (χ0) is 17.7. The van der Waals surface area contributed by atoms with Crippen molar-refractivity contribution in [3.63, 3.8) is 0 Å². The summed E-state index contributed by atoms with van der Waals surface area (Å²) in [7, 11) is 1.75. The minimum atomic E-state index is -0.901. The highest BCUT2D eigenvalue weighted by atomic mass is 79.9. The van der Waals surface area contributed by atoms with E-state index in [1.165, 1.54) is 4.90 Å². The van der Waals surface area contributed by atoms with Gasteiger partial charge in [0.2, 0.25) is 0 Å². The van der Waals surface area contributed by atoms with E-state index >= 15 is 0 Å². The largest absolute Gasteiger partial charge is 0.465 e. The second kappa shape index (κ2) is 5.87. The number of halogens is 1. The summed E-state index contributed by atoms with van der Waals surface area (Å²) in [6, 6.07) is 5.81. The second-order valence-corrected chi connectivity index (χ2v) is 7.28. The van der Waals surface area contributed by atoms with Gasteiger partial charge in [0.1, 0.15) is 0 Å². The third-order valence-corrected chi connectivity index (χ3v) is 5.47. The lowest BCUT2D eigenvalue weighted by molar-refractivity contribution is 0.125. The van der Waals surface area contributed by atoms with Gasteiger partial charge < -0.3 is 10.0 Å². The van der Waals surface area contributed by atoms with Gasteiger partial charge in [-0.3, -0.25) is 14.1 Å². The maximum atomic E-state index is 12.9. The Morgan fingerprint density at radius 1 is 1.32 bits per heavy atom. The number of hydrogen-bond donors (Lipinski definition) is 1. The summed E-state index contributed by atoms with van der Waals surface area (Å²) in [6.07, 6.45) is 2.09. The summed E-state index contributed by atoms with van der Waals surface area (Å²) in [4.78, 5) is 29.9. The SMILES string of the molecule is Cn1c(=O)n(C2CCN(C(=O)O)CC2)c2c3cc(Br)ccc3ncc21. The van der Waals surface area contributed by atoms with Crippen molar-refractivity contribution in [3.8, 4) is 0 Å². The van der Waals surface area contributed by atoms with Crippen LogP contribution < -0.4 is 5.69 Å². The zero-order valence-electron chi connectivity index (χ0n) is 13.6. The average molecular weight is 405 g/mol. The number of carbonyl (C=O) groups is 1. The van der Waals surface area contributed by atoms with Crippen LogP contribution in [0.2, 0.25) is 0 Å². The Morgan fingerprint density at radius 3 is 2.72 bits per heavy atom. The van der Waals surface area contributed by atoms with Crippen molar-refractivity contribution >= 4 is 44.0 Å². The Labute approximate surface area is 151 Å². The van der Waals surface area contributed by atoms with E-state index in [2.05, 4.69) is 20.9 Å². The Kier molecular flexibility index (Phi) is 3.79. The van der Waals surface area contributed by atoms with Gasteiger partial charge in [-0.2, -0.15) is 0 Å². The molecule has 1 amide bonds. The van der Waals surface area contributed by atoms with Crippen LogP contribution in [0.3, 0.4) is 0 Å². The van der Waals surface area contributed by atoms with Crippen molar-refractivity contribution in [3.05, 3.63) is 39.4 Å². The molecule has 25 heavy (non-hydrogen) atoms. The number of rotatable bonds is 1. The number of amides is 1. The first kappa shape index (κ1) is 16.1. The van der Waals surface area contributed by atoms with E-state index in [0.29, 0.717) is 25.9 Å². The van der Waals surface area contributed by atoms with E-state index in [1.54, 1.807) is 17.8 Å². The molecule has 1 saturated heterocycles. The molecule has 1 N–H and O–H groups in total. The number of benzene rings is 1. The highest BCUT2D eigenvalue weighted by Gasteiger charge is 2.27. The third kappa shape index (κ3) is 2.52. The zero-order valence-corrected chi connectivity index (χ0v) is 15.2. The lowest BCUT2D eigenvalue weighted by Gasteiger charge is -2.30. The van der Waals surface area contributed by atoms with Crippen molar-refractivity contribution in [1.29, 1.82) is 0 Å². The number of nitrogens with zero attached hydrogens (tertiary/aromatic N) is 4. The molecule has 0 atom stereocenters. The normalized spacial score (nSPS) is 16.0. The Balaban J connectivity index is 1.91. The summed E-state index contributed by atoms with van der Waals surface area (Å²) in [5, 5.41) is 10.1. The van der Waals surface area contributed by atoms with Gasteiger partial charge in [0.05, 0.1) is 22.7 Å². The van der Waals surface area contributed by atoms with E-state index in [1.807, 2.05) is 22.8 Å². The molecule has 1 aliphatic heterocycles. The predicted molar refractivity (Wildman–Crippen MR) is 98.0 cm³/mol. The Bertz CT molecular complexity index is 1050. The van der Waals surface area contributed by atoms with Crippen molar-refractivity contribution in [1.82, 2.24) is 19.0 Å². The molecule has 4 rings (SSSR count). The van der Waals surface area contributed by atoms with Crippen molar-refractivity contribution in [2.45, 2.75) is 18.9 Å². The van der Waals surface area contributed by atoms with Crippen LogP contribution >= 0.6 is 15.9 Å². The number of aromatic nitrogens is 3. The van der Waals surface area contributed by atoms with Crippen molar-refractivity contribution in [2.75, 3.05) is 13.1 Å². The van der Waals surface area contributed by atoms with Crippen molar-refractivity contribution < 1.29 is 9.90 Å². The number of aryl methyl sites for hydroxylation is 1. The fourth-order valence-electron chi connectivity index (χ4n) is 3.65.